The van der Waals surface area contributed by atoms with Crippen molar-refractivity contribution in [1.29, 1.82) is 0 Å². The normalized spacial score (nSPS) is 15.6. The number of phenols is 1. The van der Waals surface area contributed by atoms with Crippen molar-refractivity contribution in [1.82, 2.24) is 4.90 Å². The zero-order valence-electron chi connectivity index (χ0n) is 21.9. The largest absolute Gasteiger partial charge is 0.504 e. The zero-order chi connectivity index (χ0) is 27.1. The molecule has 2 aliphatic rings. The molecule has 1 amide bonds. The Balaban J connectivity index is 0.000000204. The Hall–Kier alpha value is -3.65. The molecule has 2 bridgehead atoms. The molecule has 0 aliphatic carbocycles. The fraction of sp³-hybridized carbons (Fsp3) is 0.333. The Labute approximate surface area is 227 Å². The van der Waals surface area contributed by atoms with E-state index in [1.807, 2.05) is 36.0 Å². The summed E-state index contributed by atoms with van der Waals surface area (Å²) >= 11 is 1.94. The van der Waals surface area contributed by atoms with E-state index in [1.54, 1.807) is 0 Å². The molecule has 2 heterocycles. The molecule has 8 heteroatoms. The minimum absolute atomic E-state index is 0.0514. The van der Waals surface area contributed by atoms with Gasteiger partial charge in [-0.2, -0.15) is 11.8 Å². The first-order valence-corrected chi connectivity index (χ1v) is 13.8. The van der Waals surface area contributed by atoms with Gasteiger partial charge in [0, 0.05) is 30.7 Å². The third-order valence-electron chi connectivity index (χ3n) is 6.79. The number of phenolic OH excluding ortho intramolecular Hbond substituents is 1. The lowest BCUT2D eigenvalue weighted by molar-refractivity contribution is -0.132. The van der Waals surface area contributed by atoms with Crippen LogP contribution in [0.3, 0.4) is 0 Å². The van der Waals surface area contributed by atoms with Gasteiger partial charge in [0.15, 0.2) is 11.5 Å². The van der Waals surface area contributed by atoms with Crippen molar-refractivity contribution in [2.75, 3.05) is 38.8 Å². The first kappa shape index (κ1) is 27.4. The van der Waals surface area contributed by atoms with Crippen molar-refractivity contribution in [3.63, 3.8) is 0 Å². The second-order valence-corrected chi connectivity index (χ2v) is 10.4. The number of methoxy groups -OCH3 is 2. The molecule has 0 spiro atoms. The Morgan fingerprint density at radius 2 is 1.55 bits per heavy atom. The number of nitrogens with zero attached hydrogens (tertiary/aromatic N) is 1. The fourth-order valence-corrected chi connectivity index (χ4v) is 5.62. The molecule has 200 valence electrons. The van der Waals surface area contributed by atoms with Crippen LogP contribution in [0.5, 0.6) is 23.0 Å². The van der Waals surface area contributed by atoms with Gasteiger partial charge in [-0.25, -0.2) is 4.79 Å². The molecule has 0 saturated carbocycles. The van der Waals surface area contributed by atoms with Crippen LogP contribution >= 0.6 is 11.8 Å². The van der Waals surface area contributed by atoms with E-state index in [1.165, 1.54) is 25.8 Å². The molecule has 0 aromatic heterocycles. The molecule has 1 saturated heterocycles. The van der Waals surface area contributed by atoms with Crippen molar-refractivity contribution in [3.8, 4) is 23.0 Å². The average Bonchev–Trinajstić information content (AvgIpc) is 3.32. The number of amides is 1. The molecular formula is C30H33NO6S. The van der Waals surface area contributed by atoms with E-state index in [0.29, 0.717) is 11.8 Å². The second kappa shape index (κ2) is 12.7. The number of rotatable bonds is 7. The predicted molar refractivity (Wildman–Crippen MR) is 149 cm³/mol. The van der Waals surface area contributed by atoms with Gasteiger partial charge in [0.05, 0.1) is 20.1 Å². The van der Waals surface area contributed by atoms with Crippen molar-refractivity contribution in [2.24, 2.45) is 0 Å². The number of esters is 1. The molecule has 2 aliphatic heterocycles. The Bertz CT molecular complexity index is 1240. The summed E-state index contributed by atoms with van der Waals surface area (Å²) in [5, 5.41) is 9.60. The minimum Gasteiger partial charge on any atom is -0.504 e. The molecule has 2 atom stereocenters. The summed E-state index contributed by atoms with van der Waals surface area (Å²) in [6, 6.07) is 22.2. The van der Waals surface area contributed by atoms with Crippen LogP contribution in [0.25, 0.3) is 0 Å². The highest BCUT2D eigenvalue weighted by Gasteiger charge is 2.32. The monoisotopic (exact) mass is 535 g/mol. The van der Waals surface area contributed by atoms with E-state index in [0.717, 1.165) is 36.6 Å². The van der Waals surface area contributed by atoms with Crippen LogP contribution in [-0.4, -0.2) is 60.7 Å². The van der Waals surface area contributed by atoms with Crippen LogP contribution < -0.4 is 14.2 Å². The van der Waals surface area contributed by atoms with Crippen LogP contribution in [-0.2, 0) is 4.79 Å². The van der Waals surface area contributed by atoms with Crippen molar-refractivity contribution in [3.05, 3.63) is 83.4 Å². The first-order valence-electron chi connectivity index (χ1n) is 12.6. The molecular weight excluding hydrogens is 502 g/mol. The molecule has 7 nitrogen and oxygen atoms in total. The lowest BCUT2D eigenvalue weighted by Crippen LogP contribution is -2.41. The molecule has 0 radical (unpaired) electrons. The van der Waals surface area contributed by atoms with E-state index in [9.17, 15) is 14.7 Å². The highest BCUT2D eigenvalue weighted by molar-refractivity contribution is 7.99. The number of fused-ring (bicyclic) bond motifs is 2. The molecule has 38 heavy (non-hydrogen) atoms. The van der Waals surface area contributed by atoms with E-state index in [2.05, 4.69) is 48.2 Å². The van der Waals surface area contributed by atoms with E-state index >= 15 is 0 Å². The molecule has 5 rings (SSSR count). The van der Waals surface area contributed by atoms with Crippen LogP contribution in [0.1, 0.15) is 46.7 Å². The molecule has 3 aromatic rings. The lowest BCUT2D eigenvalue weighted by atomic mass is 9.85. The van der Waals surface area contributed by atoms with Crippen molar-refractivity contribution < 1.29 is 28.9 Å². The van der Waals surface area contributed by atoms with Crippen LogP contribution in [0.15, 0.2) is 66.7 Å². The van der Waals surface area contributed by atoms with Gasteiger partial charge in [-0.05, 0) is 23.5 Å². The van der Waals surface area contributed by atoms with E-state index < -0.39 is 5.97 Å². The van der Waals surface area contributed by atoms with Gasteiger partial charge in [-0.3, -0.25) is 4.79 Å². The molecule has 1 fully saturated rings. The number of carbonyl (C=O) groups is 2. The SMILES string of the molecule is CC(CC(C(=O)N1CCSCC1)c1ccccc1)c1ccccc1.COc1c2cc(c(O)c1OC)C(=O)O2. The maximum absolute atomic E-state index is 13.2. The summed E-state index contributed by atoms with van der Waals surface area (Å²) < 4.78 is 14.7. The molecule has 2 unspecified atom stereocenters. The Kier molecular flexibility index (Phi) is 9.18. The quantitative estimate of drug-likeness (QED) is 0.401. The highest BCUT2D eigenvalue weighted by atomic mass is 32.2. The van der Waals surface area contributed by atoms with Crippen LogP contribution in [0.4, 0.5) is 0 Å². The van der Waals surface area contributed by atoms with Crippen molar-refractivity contribution in [2.45, 2.75) is 25.2 Å². The standard InChI is InChI=1S/C21H25NOS.C9H8O5/c1-17(18-8-4-2-5-9-18)16-20(19-10-6-3-7-11-19)21(23)22-12-14-24-15-13-22;1-12-7-5-3-4(9(11)14-5)6(10)8(7)13-2/h2-11,17,20H,12-16H2,1H3;3,10H,1-2H3. The maximum atomic E-state index is 13.2. The van der Waals surface area contributed by atoms with E-state index in [4.69, 9.17) is 14.2 Å². The zero-order valence-corrected chi connectivity index (χ0v) is 22.7. The summed E-state index contributed by atoms with van der Waals surface area (Å²) in [4.78, 5) is 26.4. The third kappa shape index (κ3) is 6.07. The van der Waals surface area contributed by atoms with Crippen LogP contribution in [0.2, 0.25) is 0 Å². The summed E-state index contributed by atoms with van der Waals surface area (Å²) in [5.74, 6) is 2.47. The Morgan fingerprint density at radius 1 is 0.974 bits per heavy atom. The highest BCUT2D eigenvalue weighted by Crippen LogP contribution is 2.49. The topological polar surface area (TPSA) is 85.3 Å². The number of carbonyl (C=O) groups excluding carboxylic acids is 2. The summed E-state index contributed by atoms with van der Waals surface area (Å²) in [6.07, 6.45) is 0.858. The first-order chi connectivity index (χ1) is 18.4. The summed E-state index contributed by atoms with van der Waals surface area (Å²) in [6.45, 7) is 3.99. The number of thioether (sulfide) groups is 1. The molecule has 3 aromatic carbocycles. The third-order valence-corrected chi connectivity index (χ3v) is 7.73. The number of benzene rings is 3. The number of hydrogen-bond acceptors (Lipinski definition) is 7. The summed E-state index contributed by atoms with van der Waals surface area (Å²) in [5.41, 5.74) is 2.54. The maximum Gasteiger partial charge on any atom is 0.347 e. The van der Waals surface area contributed by atoms with Crippen LogP contribution in [0, 0.1) is 0 Å². The van der Waals surface area contributed by atoms with Crippen molar-refractivity contribution >= 4 is 23.6 Å². The van der Waals surface area contributed by atoms with Gasteiger partial charge >= 0.3 is 5.97 Å². The minimum atomic E-state index is -0.598. The predicted octanol–water partition coefficient (Wildman–Crippen LogP) is 5.48. The van der Waals surface area contributed by atoms with Gasteiger partial charge < -0.3 is 24.2 Å². The number of hydrogen-bond donors (Lipinski definition) is 1. The Morgan fingerprint density at radius 3 is 2.13 bits per heavy atom. The van der Waals surface area contributed by atoms with Gasteiger partial charge in [0.25, 0.3) is 0 Å². The smallest absolute Gasteiger partial charge is 0.347 e. The summed E-state index contributed by atoms with van der Waals surface area (Å²) in [7, 11) is 2.78. The average molecular weight is 536 g/mol. The van der Waals surface area contributed by atoms with Gasteiger partial charge in [0.2, 0.25) is 17.4 Å². The van der Waals surface area contributed by atoms with E-state index in [-0.39, 0.29) is 34.5 Å². The molecule has 1 N–H and O–H groups in total. The van der Waals surface area contributed by atoms with Gasteiger partial charge in [-0.1, -0.05) is 67.6 Å². The number of ether oxygens (including phenoxy) is 3. The fourth-order valence-electron chi connectivity index (χ4n) is 4.72. The lowest BCUT2D eigenvalue weighted by Gasteiger charge is -2.31. The van der Waals surface area contributed by atoms with Gasteiger partial charge in [-0.15, -0.1) is 0 Å². The van der Waals surface area contributed by atoms with Gasteiger partial charge in [0.1, 0.15) is 5.56 Å². The second-order valence-electron chi connectivity index (χ2n) is 9.18. The number of aromatic hydroxyl groups is 1.